The number of alkyl halides is 3. The second-order valence-corrected chi connectivity index (χ2v) is 6.52. The van der Waals surface area contributed by atoms with E-state index in [-0.39, 0.29) is 0 Å². The zero-order valence-corrected chi connectivity index (χ0v) is 12.7. The van der Waals surface area contributed by atoms with E-state index in [1.165, 1.54) is 6.20 Å². The molecular weight excluding hydrogens is 291 g/mol. The van der Waals surface area contributed by atoms with Crippen molar-refractivity contribution >= 4 is 11.0 Å². The van der Waals surface area contributed by atoms with Crippen molar-refractivity contribution in [2.45, 2.75) is 33.0 Å². The van der Waals surface area contributed by atoms with Crippen LogP contribution in [0.3, 0.4) is 0 Å². The SMILES string of the molecule is CC1CC(C)CN(Cc2c(C(F)(F)F)[nH]c3ncccc23)C1. The van der Waals surface area contributed by atoms with Crippen LogP contribution in [-0.4, -0.2) is 28.0 Å². The van der Waals surface area contributed by atoms with Crippen molar-refractivity contribution in [3.63, 3.8) is 0 Å². The Hall–Kier alpha value is -1.56. The number of pyridine rings is 1. The predicted octanol–water partition coefficient (Wildman–Crippen LogP) is 4.06. The van der Waals surface area contributed by atoms with Crippen molar-refractivity contribution in [2.75, 3.05) is 13.1 Å². The van der Waals surface area contributed by atoms with Gasteiger partial charge in [-0.3, -0.25) is 4.90 Å². The molecule has 3 rings (SSSR count). The number of hydrogen-bond acceptors (Lipinski definition) is 2. The smallest absolute Gasteiger partial charge is 0.335 e. The number of hydrogen-bond donors (Lipinski definition) is 1. The summed E-state index contributed by atoms with van der Waals surface area (Å²) >= 11 is 0. The highest BCUT2D eigenvalue weighted by Crippen LogP contribution is 2.36. The fraction of sp³-hybridized carbons (Fsp3) is 0.562. The first-order valence-electron chi connectivity index (χ1n) is 7.59. The summed E-state index contributed by atoms with van der Waals surface area (Å²) in [7, 11) is 0. The van der Waals surface area contributed by atoms with Crippen molar-refractivity contribution in [3.8, 4) is 0 Å². The first-order chi connectivity index (χ1) is 10.3. The van der Waals surface area contributed by atoms with Gasteiger partial charge in [0.25, 0.3) is 0 Å². The van der Waals surface area contributed by atoms with Crippen LogP contribution in [0.1, 0.15) is 31.5 Å². The molecule has 0 amide bonds. The van der Waals surface area contributed by atoms with E-state index in [0.717, 1.165) is 19.5 Å². The van der Waals surface area contributed by atoms with Gasteiger partial charge in [-0.1, -0.05) is 13.8 Å². The number of H-pyrrole nitrogens is 1. The van der Waals surface area contributed by atoms with E-state index in [1.807, 2.05) is 0 Å². The van der Waals surface area contributed by atoms with Gasteiger partial charge in [-0.15, -0.1) is 0 Å². The molecule has 22 heavy (non-hydrogen) atoms. The van der Waals surface area contributed by atoms with Crippen LogP contribution >= 0.6 is 0 Å². The van der Waals surface area contributed by atoms with Gasteiger partial charge in [-0.05, 0) is 30.4 Å². The maximum Gasteiger partial charge on any atom is 0.431 e. The van der Waals surface area contributed by atoms with Crippen LogP contribution in [-0.2, 0) is 12.7 Å². The summed E-state index contributed by atoms with van der Waals surface area (Å²) in [6.45, 7) is 6.31. The number of fused-ring (bicyclic) bond motifs is 1. The largest absolute Gasteiger partial charge is 0.431 e. The molecule has 0 aliphatic carbocycles. The highest BCUT2D eigenvalue weighted by Gasteiger charge is 2.37. The summed E-state index contributed by atoms with van der Waals surface area (Å²) < 4.78 is 39.9. The molecule has 0 bridgehead atoms. The standard InChI is InChI=1S/C16H20F3N3/c1-10-6-11(2)8-22(7-10)9-13-12-4-3-5-20-15(12)21-14(13)16(17,18)19/h3-5,10-11H,6-9H2,1-2H3,(H,20,21). The van der Waals surface area contributed by atoms with Crippen LogP contribution in [0.15, 0.2) is 18.3 Å². The minimum absolute atomic E-state index is 0.308. The van der Waals surface area contributed by atoms with E-state index in [9.17, 15) is 13.2 Å². The monoisotopic (exact) mass is 311 g/mol. The lowest BCUT2D eigenvalue weighted by molar-refractivity contribution is -0.141. The number of halogens is 3. The fourth-order valence-electron chi connectivity index (χ4n) is 3.63. The molecule has 0 radical (unpaired) electrons. The van der Waals surface area contributed by atoms with E-state index in [4.69, 9.17) is 0 Å². The molecule has 6 heteroatoms. The molecule has 0 aromatic carbocycles. The van der Waals surface area contributed by atoms with Gasteiger partial charge in [0, 0.05) is 36.8 Å². The van der Waals surface area contributed by atoms with E-state index >= 15 is 0 Å². The third kappa shape index (κ3) is 2.97. The first-order valence-corrected chi connectivity index (χ1v) is 7.59. The maximum atomic E-state index is 13.3. The Bertz CT molecular complexity index is 652. The number of piperidine rings is 1. The van der Waals surface area contributed by atoms with Crippen molar-refractivity contribution < 1.29 is 13.2 Å². The molecule has 120 valence electrons. The minimum atomic E-state index is -4.39. The summed E-state index contributed by atoms with van der Waals surface area (Å²) in [5, 5.41) is 0.570. The highest BCUT2D eigenvalue weighted by molar-refractivity contribution is 5.81. The topological polar surface area (TPSA) is 31.9 Å². The Morgan fingerprint density at radius 1 is 1.27 bits per heavy atom. The molecule has 1 fully saturated rings. The summed E-state index contributed by atoms with van der Waals surface area (Å²) in [5.74, 6) is 1.03. The van der Waals surface area contributed by atoms with Crippen molar-refractivity contribution in [2.24, 2.45) is 11.8 Å². The average molecular weight is 311 g/mol. The summed E-state index contributed by atoms with van der Waals surface area (Å²) in [4.78, 5) is 8.61. The third-order valence-corrected chi connectivity index (χ3v) is 4.29. The summed E-state index contributed by atoms with van der Waals surface area (Å²) in [6.07, 6.45) is -1.74. The number of aromatic amines is 1. The van der Waals surface area contributed by atoms with Gasteiger partial charge in [-0.25, -0.2) is 4.98 Å². The molecule has 1 N–H and O–H groups in total. The van der Waals surface area contributed by atoms with Crippen LogP contribution in [0.5, 0.6) is 0 Å². The molecule has 1 aliphatic rings. The van der Waals surface area contributed by atoms with Gasteiger partial charge in [0.2, 0.25) is 0 Å². The van der Waals surface area contributed by atoms with E-state index in [2.05, 4.69) is 28.7 Å². The van der Waals surface area contributed by atoms with Crippen molar-refractivity contribution in [1.82, 2.24) is 14.9 Å². The van der Waals surface area contributed by atoms with Gasteiger partial charge >= 0.3 is 6.18 Å². The molecular formula is C16H20F3N3. The molecule has 2 atom stereocenters. The number of likely N-dealkylation sites (tertiary alicyclic amines) is 1. The molecule has 2 aromatic rings. The van der Waals surface area contributed by atoms with Crippen LogP contribution in [0, 0.1) is 11.8 Å². The first kappa shape index (κ1) is 15.3. The van der Waals surface area contributed by atoms with Gasteiger partial charge in [0.05, 0.1) is 0 Å². The maximum absolute atomic E-state index is 13.3. The number of nitrogens with zero attached hydrogens (tertiary/aromatic N) is 2. The Kier molecular flexibility index (Phi) is 3.89. The molecule has 3 heterocycles. The van der Waals surface area contributed by atoms with E-state index < -0.39 is 11.9 Å². The second-order valence-electron chi connectivity index (χ2n) is 6.52. The number of aromatic nitrogens is 2. The van der Waals surface area contributed by atoms with Crippen LogP contribution in [0.25, 0.3) is 11.0 Å². The molecule has 1 saturated heterocycles. The predicted molar refractivity (Wildman–Crippen MR) is 79.3 cm³/mol. The minimum Gasteiger partial charge on any atom is -0.335 e. The number of nitrogens with one attached hydrogen (secondary N) is 1. The van der Waals surface area contributed by atoms with Gasteiger partial charge in [0.15, 0.2) is 0 Å². The van der Waals surface area contributed by atoms with E-state index in [0.29, 0.717) is 35.0 Å². The zero-order valence-electron chi connectivity index (χ0n) is 12.7. The zero-order chi connectivity index (χ0) is 15.9. The number of rotatable bonds is 2. The van der Waals surface area contributed by atoms with Crippen LogP contribution in [0.4, 0.5) is 13.2 Å². The Labute approximate surface area is 127 Å². The summed E-state index contributed by atoms with van der Waals surface area (Å²) in [6, 6.07) is 3.39. The Morgan fingerprint density at radius 3 is 2.59 bits per heavy atom. The fourth-order valence-corrected chi connectivity index (χ4v) is 3.63. The van der Waals surface area contributed by atoms with Crippen molar-refractivity contribution in [1.29, 1.82) is 0 Å². The second kappa shape index (κ2) is 5.57. The average Bonchev–Trinajstić information content (AvgIpc) is 2.77. The van der Waals surface area contributed by atoms with Crippen LogP contribution < -0.4 is 0 Å². The lowest BCUT2D eigenvalue weighted by Crippen LogP contribution is -2.38. The Morgan fingerprint density at radius 2 is 1.95 bits per heavy atom. The quantitative estimate of drug-likeness (QED) is 0.907. The lowest BCUT2D eigenvalue weighted by atomic mass is 9.91. The van der Waals surface area contributed by atoms with Gasteiger partial charge in [-0.2, -0.15) is 13.2 Å². The Balaban J connectivity index is 1.98. The van der Waals surface area contributed by atoms with Gasteiger partial charge in [0.1, 0.15) is 11.3 Å². The highest BCUT2D eigenvalue weighted by atomic mass is 19.4. The molecule has 0 saturated carbocycles. The molecule has 2 aromatic heterocycles. The molecule has 2 unspecified atom stereocenters. The van der Waals surface area contributed by atoms with Crippen LogP contribution in [0.2, 0.25) is 0 Å². The van der Waals surface area contributed by atoms with E-state index in [1.54, 1.807) is 12.1 Å². The summed E-state index contributed by atoms with van der Waals surface area (Å²) in [5.41, 5.74) is -0.0353. The molecule has 0 spiro atoms. The molecule has 3 nitrogen and oxygen atoms in total. The van der Waals surface area contributed by atoms with Gasteiger partial charge < -0.3 is 4.98 Å². The third-order valence-electron chi connectivity index (χ3n) is 4.29. The molecule has 1 aliphatic heterocycles. The normalized spacial score (nSPS) is 24.0. The van der Waals surface area contributed by atoms with Crippen molar-refractivity contribution in [3.05, 3.63) is 29.6 Å². The lowest BCUT2D eigenvalue weighted by Gasteiger charge is -2.35.